The lowest BCUT2D eigenvalue weighted by atomic mass is 9.58. The van der Waals surface area contributed by atoms with Crippen LogP contribution in [0.1, 0.15) is 22.3 Å². The van der Waals surface area contributed by atoms with E-state index in [1.807, 2.05) is 0 Å². The predicted octanol–water partition coefficient (Wildman–Crippen LogP) is 10.9. The number of hydrogen-bond donors (Lipinski definition) is 1. The molecule has 0 unspecified atom stereocenters. The summed E-state index contributed by atoms with van der Waals surface area (Å²) in [6, 6.07) is 69.8. The third kappa shape index (κ3) is 3.86. The van der Waals surface area contributed by atoms with Crippen molar-refractivity contribution in [1.29, 1.82) is 0 Å². The molecule has 54 heavy (non-hydrogen) atoms. The maximum atomic E-state index is 4.05. The lowest BCUT2D eigenvalue weighted by molar-refractivity contribution is 0.741. The third-order valence-electron chi connectivity index (χ3n) is 12.2. The maximum absolute atomic E-state index is 4.05. The van der Waals surface area contributed by atoms with Crippen LogP contribution in [0.25, 0.3) is 60.2 Å². The molecule has 0 spiro atoms. The van der Waals surface area contributed by atoms with Gasteiger partial charge in [0.05, 0.1) is 16.6 Å². The van der Waals surface area contributed by atoms with Gasteiger partial charge < -0.3 is 9.88 Å². The number of nitrogens with zero attached hydrogens (tertiary/aromatic N) is 1. The van der Waals surface area contributed by atoms with Crippen LogP contribution in [-0.4, -0.2) is 11.8 Å². The zero-order chi connectivity index (χ0) is 35.4. The van der Waals surface area contributed by atoms with Crippen molar-refractivity contribution in [3.63, 3.8) is 0 Å². The first-order valence-electron chi connectivity index (χ1n) is 18.9. The van der Waals surface area contributed by atoms with E-state index >= 15 is 0 Å². The minimum Gasteiger partial charge on any atom is -0.354 e. The molecule has 0 bridgehead atoms. The number of hydrogen-bond acceptors (Lipinski definition) is 1. The second-order valence-electron chi connectivity index (χ2n) is 14.9. The second kappa shape index (κ2) is 11.1. The summed E-state index contributed by atoms with van der Waals surface area (Å²) < 4.78 is 2.57. The Morgan fingerprint density at radius 1 is 0.500 bits per heavy atom. The molecule has 3 heteroatoms. The largest absolute Gasteiger partial charge is 0.354 e. The molecular weight excluding hydrogens is 651 g/mol. The summed E-state index contributed by atoms with van der Waals surface area (Å²) in [4.78, 5) is 0. The monoisotopic (exact) mass is 684 g/mol. The standard InChI is InChI=1S/C51H33BN2/c1-3-17-34(18-4-1)51(35-19-5-2-6-20-35)40-25-11-12-28-43(40)53-49-38(23-13-26-41(49)51)47-37-22-10-8-16-33(37)31-45-48(47)52-42-27-14-24-39-46-36-21-9-7-15-32(36)29-30-44(46)54(45)50(39)42/h1-31,52-53H. The summed E-state index contributed by atoms with van der Waals surface area (Å²) >= 11 is 0. The molecule has 2 aliphatic rings. The molecule has 250 valence electrons. The van der Waals surface area contributed by atoms with E-state index in [0.29, 0.717) is 0 Å². The van der Waals surface area contributed by atoms with Gasteiger partial charge in [0.1, 0.15) is 0 Å². The molecule has 0 aliphatic carbocycles. The molecule has 9 aromatic carbocycles. The van der Waals surface area contributed by atoms with E-state index in [4.69, 9.17) is 0 Å². The molecular formula is C51H33BN2. The van der Waals surface area contributed by atoms with Crippen molar-refractivity contribution in [3.05, 3.63) is 210 Å². The topological polar surface area (TPSA) is 17.0 Å². The zero-order valence-electron chi connectivity index (χ0n) is 29.6. The normalized spacial score (nSPS) is 13.6. The summed E-state index contributed by atoms with van der Waals surface area (Å²) in [5.41, 5.74) is 15.9. The molecule has 2 aliphatic heterocycles. The molecule has 0 saturated heterocycles. The highest BCUT2D eigenvalue weighted by Gasteiger charge is 2.45. The van der Waals surface area contributed by atoms with Crippen molar-refractivity contribution in [2.75, 3.05) is 5.32 Å². The number of para-hydroxylation sites is 3. The van der Waals surface area contributed by atoms with E-state index in [0.717, 1.165) is 18.7 Å². The molecule has 12 rings (SSSR count). The van der Waals surface area contributed by atoms with E-state index in [-0.39, 0.29) is 0 Å². The van der Waals surface area contributed by atoms with E-state index < -0.39 is 5.41 Å². The Morgan fingerprint density at radius 2 is 1.15 bits per heavy atom. The molecule has 1 aromatic heterocycles. The Morgan fingerprint density at radius 3 is 1.96 bits per heavy atom. The van der Waals surface area contributed by atoms with Crippen LogP contribution in [0, 0.1) is 0 Å². The number of aromatic nitrogens is 1. The summed E-state index contributed by atoms with van der Waals surface area (Å²) in [7, 11) is 0.851. The first-order chi connectivity index (χ1) is 26.8. The van der Waals surface area contributed by atoms with Gasteiger partial charge in [-0.3, -0.25) is 0 Å². The van der Waals surface area contributed by atoms with Crippen molar-refractivity contribution in [2.24, 2.45) is 0 Å². The van der Waals surface area contributed by atoms with Crippen LogP contribution in [0.3, 0.4) is 0 Å². The van der Waals surface area contributed by atoms with Crippen LogP contribution in [-0.2, 0) is 5.41 Å². The SMILES string of the molecule is B1c2c(cc3ccccc3c2-c2cccc3c2Nc2ccccc2C3(c2ccccc2)c2ccccc2)-n2c3ccc4ccccc4c3c3cccc1c32. The maximum Gasteiger partial charge on any atom is 0.198 e. The third-order valence-corrected chi connectivity index (χ3v) is 12.2. The zero-order valence-corrected chi connectivity index (χ0v) is 29.6. The molecule has 2 nitrogen and oxygen atoms in total. The van der Waals surface area contributed by atoms with Crippen LogP contribution in [0.15, 0.2) is 188 Å². The Balaban J connectivity index is 1.22. The number of rotatable bonds is 3. The van der Waals surface area contributed by atoms with Gasteiger partial charge in [-0.25, -0.2) is 0 Å². The van der Waals surface area contributed by atoms with E-state index in [1.165, 1.54) is 93.3 Å². The average molecular weight is 685 g/mol. The molecule has 0 atom stereocenters. The molecule has 0 fully saturated rings. The molecule has 10 aromatic rings. The highest BCUT2D eigenvalue weighted by molar-refractivity contribution is 6.74. The van der Waals surface area contributed by atoms with Gasteiger partial charge in [0.2, 0.25) is 0 Å². The van der Waals surface area contributed by atoms with Gasteiger partial charge >= 0.3 is 0 Å². The first kappa shape index (κ1) is 29.7. The van der Waals surface area contributed by atoms with Crippen LogP contribution < -0.4 is 16.2 Å². The number of fused-ring (bicyclic) bond motifs is 10. The fraction of sp³-hybridized carbons (Fsp3) is 0.0196. The lowest BCUT2D eigenvalue weighted by Gasteiger charge is -2.43. The van der Waals surface area contributed by atoms with Crippen LogP contribution >= 0.6 is 0 Å². The van der Waals surface area contributed by atoms with Crippen LogP contribution in [0.2, 0.25) is 0 Å². The van der Waals surface area contributed by atoms with Gasteiger partial charge in [-0.1, -0.05) is 175 Å². The average Bonchev–Trinajstić information content (AvgIpc) is 3.59. The minimum absolute atomic E-state index is 0.531. The highest BCUT2D eigenvalue weighted by Crippen LogP contribution is 2.56. The molecule has 0 radical (unpaired) electrons. The van der Waals surface area contributed by atoms with Crippen LogP contribution in [0.5, 0.6) is 0 Å². The van der Waals surface area contributed by atoms with Gasteiger partial charge in [-0.05, 0) is 73.0 Å². The predicted molar refractivity (Wildman–Crippen MR) is 229 cm³/mol. The summed E-state index contributed by atoms with van der Waals surface area (Å²) in [6.07, 6.45) is 0. The van der Waals surface area contributed by atoms with Gasteiger partial charge in [0.25, 0.3) is 0 Å². The molecule has 0 amide bonds. The highest BCUT2D eigenvalue weighted by atomic mass is 15.0. The van der Waals surface area contributed by atoms with Crippen molar-refractivity contribution in [1.82, 2.24) is 4.57 Å². The fourth-order valence-electron chi connectivity index (χ4n) is 10.1. The van der Waals surface area contributed by atoms with Crippen molar-refractivity contribution in [3.8, 4) is 16.8 Å². The van der Waals surface area contributed by atoms with Gasteiger partial charge in [-0.15, -0.1) is 0 Å². The summed E-state index contributed by atoms with van der Waals surface area (Å²) in [5.74, 6) is 0. The quantitative estimate of drug-likeness (QED) is 0.183. The van der Waals surface area contributed by atoms with Gasteiger partial charge in [0, 0.05) is 33.2 Å². The van der Waals surface area contributed by atoms with E-state index in [2.05, 4.69) is 198 Å². The number of nitrogens with one attached hydrogen (secondary N) is 1. The van der Waals surface area contributed by atoms with Crippen molar-refractivity contribution in [2.45, 2.75) is 5.41 Å². The summed E-state index contributed by atoms with van der Waals surface area (Å²) in [5, 5.41) is 11.8. The van der Waals surface area contributed by atoms with Crippen molar-refractivity contribution >= 4 is 72.9 Å². The molecule has 1 N–H and O–H groups in total. The molecule has 0 saturated carbocycles. The Labute approximate surface area is 314 Å². The van der Waals surface area contributed by atoms with E-state index in [9.17, 15) is 0 Å². The Kier molecular flexibility index (Phi) is 6.10. The summed E-state index contributed by atoms with van der Waals surface area (Å²) in [6.45, 7) is 0. The Bertz CT molecular complexity index is 3120. The van der Waals surface area contributed by atoms with Crippen LogP contribution in [0.4, 0.5) is 11.4 Å². The minimum atomic E-state index is -0.531. The smallest absolute Gasteiger partial charge is 0.198 e. The second-order valence-corrected chi connectivity index (χ2v) is 14.9. The van der Waals surface area contributed by atoms with E-state index in [1.54, 1.807) is 0 Å². The molecule has 3 heterocycles. The lowest BCUT2D eigenvalue weighted by Crippen LogP contribution is -2.38. The fourth-order valence-corrected chi connectivity index (χ4v) is 10.1. The Hall–Kier alpha value is -6.84. The van der Waals surface area contributed by atoms with Crippen molar-refractivity contribution < 1.29 is 0 Å². The number of anilines is 2. The van der Waals surface area contributed by atoms with Gasteiger partial charge in [0.15, 0.2) is 7.28 Å². The first-order valence-corrected chi connectivity index (χ1v) is 18.9. The van der Waals surface area contributed by atoms with Gasteiger partial charge in [-0.2, -0.15) is 0 Å². The number of benzene rings is 9.